The first-order valence-corrected chi connectivity index (χ1v) is 7.16. The van der Waals surface area contributed by atoms with Crippen LogP contribution in [-0.2, 0) is 4.79 Å². The third kappa shape index (κ3) is 3.69. The van der Waals surface area contributed by atoms with Crippen molar-refractivity contribution in [3.05, 3.63) is 68.8 Å². The zero-order valence-electron chi connectivity index (χ0n) is 13.4. The smallest absolute Gasteiger partial charge is 0.336 e. The number of amides is 1. The summed E-state index contributed by atoms with van der Waals surface area (Å²) in [4.78, 5) is 45.9. The second-order valence-electron chi connectivity index (χ2n) is 5.30. The predicted molar refractivity (Wildman–Crippen MR) is 89.0 cm³/mol. The lowest BCUT2D eigenvalue weighted by molar-refractivity contribution is -0.385. The van der Waals surface area contributed by atoms with Gasteiger partial charge in [-0.1, -0.05) is 18.2 Å². The standard InChI is InChI=1S/C17H14N2O6/c1-9-7-15(19(24)25)13(8-14(9)18-10(2)20)16(21)11-5-3-4-6-12(11)17(22)23/h3-8H,1-2H3,(H,18,20)(H,22,23). The molecule has 2 aromatic rings. The first-order valence-electron chi connectivity index (χ1n) is 7.16. The molecule has 1 amide bonds. The third-order valence-electron chi connectivity index (χ3n) is 3.50. The number of anilines is 1. The van der Waals surface area contributed by atoms with Crippen molar-refractivity contribution >= 4 is 29.0 Å². The van der Waals surface area contributed by atoms with Crippen LogP contribution in [-0.4, -0.2) is 27.7 Å². The zero-order valence-corrected chi connectivity index (χ0v) is 13.4. The fraction of sp³-hybridized carbons (Fsp3) is 0.118. The van der Waals surface area contributed by atoms with Crippen LogP contribution in [0.4, 0.5) is 11.4 Å². The van der Waals surface area contributed by atoms with Gasteiger partial charge in [-0.25, -0.2) is 4.79 Å². The monoisotopic (exact) mass is 342 g/mol. The highest BCUT2D eigenvalue weighted by molar-refractivity contribution is 6.16. The number of nitro benzene ring substituents is 1. The molecule has 2 aromatic carbocycles. The number of carboxylic acid groups (broad SMARTS) is 1. The lowest BCUT2D eigenvalue weighted by atomic mass is 9.95. The molecule has 128 valence electrons. The summed E-state index contributed by atoms with van der Waals surface area (Å²) in [6.45, 7) is 2.82. The Kier molecular flexibility index (Phi) is 4.92. The van der Waals surface area contributed by atoms with Gasteiger partial charge >= 0.3 is 5.97 Å². The highest BCUT2D eigenvalue weighted by Crippen LogP contribution is 2.29. The Balaban J connectivity index is 2.68. The van der Waals surface area contributed by atoms with Gasteiger partial charge in [-0.15, -0.1) is 0 Å². The fourth-order valence-corrected chi connectivity index (χ4v) is 2.36. The Labute approximate surface area is 142 Å². The van der Waals surface area contributed by atoms with Crippen molar-refractivity contribution in [2.45, 2.75) is 13.8 Å². The minimum atomic E-state index is -1.32. The molecule has 2 N–H and O–H groups in total. The largest absolute Gasteiger partial charge is 0.478 e. The summed E-state index contributed by atoms with van der Waals surface area (Å²) in [5, 5.41) is 23.0. The number of carboxylic acids is 1. The molecule has 0 aliphatic carbocycles. The van der Waals surface area contributed by atoms with E-state index in [2.05, 4.69) is 5.32 Å². The number of hydrogen-bond acceptors (Lipinski definition) is 5. The average molecular weight is 342 g/mol. The maximum Gasteiger partial charge on any atom is 0.336 e. The molecule has 0 saturated heterocycles. The van der Waals surface area contributed by atoms with Crippen molar-refractivity contribution in [2.24, 2.45) is 0 Å². The summed E-state index contributed by atoms with van der Waals surface area (Å²) in [6, 6.07) is 7.80. The van der Waals surface area contributed by atoms with Gasteiger partial charge in [0.25, 0.3) is 5.69 Å². The maximum absolute atomic E-state index is 12.8. The van der Waals surface area contributed by atoms with E-state index in [9.17, 15) is 29.6 Å². The normalized spacial score (nSPS) is 10.2. The molecular formula is C17H14N2O6. The van der Waals surface area contributed by atoms with Crippen molar-refractivity contribution in [1.82, 2.24) is 0 Å². The van der Waals surface area contributed by atoms with Crippen molar-refractivity contribution in [3.8, 4) is 0 Å². The van der Waals surface area contributed by atoms with Gasteiger partial charge in [0.1, 0.15) is 5.56 Å². The molecule has 0 unspecified atom stereocenters. The molecule has 0 aliphatic heterocycles. The second kappa shape index (κ2) is 6.91. The first kappa shape index (κ1) is 17.8. The molecule has 2 rings (SSSR count). The quantitative estimate of drug-likeness (QED) is 0.489. The van der Waals surface area contributed by atoms with Crippen LogP contribution in [0.5, 0.6) is 0 Å². The molecule has 0 aliphatic rings. The van der Waals surface area contributed by atoms with Gasteiger partial charge in [0, 0.05) is 24.2 Å². The van der Waals surface area contributed by atoms with E-state index in [4.69, 9.17) is 0 Å². The number of ketones is 1. The summed E-state index contributed by atoms with van der Waals surface area (Å²) in [7, 11) is 0. The van der Waals surface area contributed by atoms with Crippen LogP contribution in [0, 0.1) is 17.0 Å². The molecule has 0 saturated carbocycles. The number of hydrogen-bond donors (Lipinski definition) is 2. The molecule has 0 aromatic heterocycles. The van der Waals surface area contributed by atoms with Crippen LogP contribution >= 0.6 is 0 Å². The van der Waals surface area contributed by atoms with Gasteiger partial charge in [0.15, 0.2) is 0 Å². The summed E-state index contributed by atoms with van der Waals surface area (Å²) in [5.41, 5.74) is -0.539. The number of carbonyl (C=O) groups is 3. The molecule has 0 bridgehead atoms. The van der Waals surface area contributed by atoms with Crippen LogP contribution in [0.25, 0.3) is 0 Å². The van der Waals surface area contributed by atoms with Gasteiger partial charge < -0.3 is 10.4 Å². The molecule has 0 atom stereocenters. The minimum Gasteiger partial charge on any atom is -0.478 e. The maximum atomic E-state index is 12.8. The van der Waals surface area contributed by atoms with E-state index in [1.54, 1.807) is 6.92 Å². The predicted octanol–water partition coefficient (Wildman–Crippen LogP) is 2.79. The number of nitro groups is 1. The van der Waals surface area contributed by atoms with E-state index >= 15 is 0 Å². The van der Waals surface area contributed by atoms with Crippen molar-refractivity contribution in [3.63, 3.8) is 0 Å². The second-order valence-corrected chi connectivity index (χ2v) is 5.30. The number of aryl methyl sites for hydroxylation is 1. The third-order valence-corrected chi connectivity index (χ3v) is 3.50. The number of carbonyl (C=O) groups excluding carboxylic acids is 2. The van der Waals surface area contributed by atoms with Crippen LogP contribution in [0.2, 0.25) is 0 Å². The molecule has 25 heavy (non-hydrogen) atoms. The molecule has 8 heteroatoms. The van der Waals surface area contributed by atoms with Crippen LogP contribution in [0.15, 0.2) is 36.4 Å². The van der Waals surface area contributed by atoms with Crippen LogP contribution < -0.4 is 5.32 Å². The minimum absolute atomic E-state index is 0.171. The lowest BCUT2D eigenvalue weighted by Gasteiger charge is -2.11. The van der Waals surface area contributed by atoms with Gasteiger partial charge in [-0.3, -0.25) is 19.7 Å². The summed E-state index contributed by atoms with van der Waals surface area (Å²) in [5.74, 6) is -2.53. The van der Waals surface area contributed by atoms with E-state index in [0.29, 0.717) is 5.56 Å². The van der Waals surface area contributed by atoms with Gasteiger partial charge in [-0.05, 0) is 24.6 Å². The lowest BCUT2D eigenvalue weighted by Crippen LogP contribution is -2.13. The molecule has 0 spiro atoms. The van der Waals surface area contributed by atoms with Crippen LogP contribution in [0.3, 0.4) is 0 Å². The average Bonchev–Trinajstić information content (AvgIpc) is 2.55. The number of rotatable bonds is 5. The molecule has 8 nitrogen and oxygen atoms in total. The number of nitrogens with one attached hydrogen (secondary N) is 1. The van der Waals surface area contributed by atoms with Gasteiger partial charge in [0.05, 0.1) is 10.5 Å². The van der Waals surface area contributed by atoms with Crippen molar-refractivity contribution in [1.29, 1.82) is 0 Å². The Morgan fingerprint density at radius 1 is 1.08 bits per heavy atom. The zero-order chi connectivity index (χ0) is 18.7. The van der Waals surface area contributed by atoms with Crippen LogP contribution in [0.1, 0.15) is 38.8 Å². The van der Waals surface area contributed by atoms with Gasteiger partial charge in [-0.2, -0.15) is 0 Å². The SMILES string of the molecule is CC(=O)Nc1cc(C(=O)c2ccccc2C(=O)O)c([N+](=O)[O-])cc1C. The highest BCUT2D eigenvalue weighted by Gasteiger charge is 2.26. The van der Waals surface area contributed by atoms with E-state index in [0.717, 1.165) is 0 Å². The summed E-state index contributed by atoms with van der Waals surface area (Å²) < 4.78 is 0. The molecular weight excluding hydrogens is 328 g/mol. The molecule has 0 radical (unpaired) electrons. The molecule has 0 heterocycles. The fourth-order valence-electron chi connectivity index (χ4n) is 2.36. The summed E-state index contributed by atoms with van der Waals surface area (Å²) in [6.07, 6.45) is 0. The number of nitrogens with zero attached hydrogens (tertiary/aromatic N) is 1. The van der Waals surface area contributed by atoms with E-state index in [1.807, 2.05) is 0 Å². The number of benzene rings is 2. The van der Waals surface area contributed by atoms with E-state index < -0.39 is 28.3 Å². The number of aromatic carboxylic acids is 1. The molecule has 0 fully saturated rings. The van der Waals surface area contributed by atoms with E-state index in [-0.39, 0.29) is 22.4 Å². The summed E-state index contributed by atoms with van der Waals surface area (Å²) >= 11 is 0. The Bertz CT molecular complexity index is 904. The topological polar surface area (TPSA) is 127 Å². The van der Waals surface area contributed by atoms with Crippen molar-refractivity contribution < 1.29 is 24.4 Å². The van der Waals surface area contributed by atoms with Crippen molar-refractivity contribution in [2.75, 3.05) is 5.32 Å². The highest BCUT2D eigenvalue weighted by atomic mass is 16.6. The first-order chi connectivity index (χ1) is 11.7. The van der Waals surface area contributed by atoms with E-state index in [1.165, 1.54) is 43.3 Å². The Morgan fingerprint density at radius 3 is 2.20 bits per heavy atom. The Hall–Kier alpha value is -3.55. The Morgan fingerprint density at radius 2 is 1.68 bits per heavy atom. The van der Waals surface area contributed by atoms with Gasteiger partial charge in [0.2, 0.25) is 11.7 Å².